The highest BCUT2D eigenvalue weighted by molar-refractivity contribution is 9.10. The maximum atomic E-state index is 12.5. The van der Waals surface area contributed by atoms with Gasteiger partial charge in [0.05, 0.1) is 13.4 Å². The second kappa shape index (κ2) is 8.65. The highest BCUT2D eigenvalue weighted by atomic mass is 79.9. The van der Waals surface area contributed by atoms with Gasteiger partial charge in [0.1, 0.15) is 11.3 Å². The van der Waals surface area contributed by atoms with Crippen LogP contribution in [-0.4, -0.2) is 31.0 Å². The molecule has 1 amide bonds. The highest BCUT2D eigenvalue weighted by Gasteiger charge is 2.16. The molecule has 0 N–H and O–H groups in total. The van der Waals surface area contributed by atoms with Crippen molar-refractivity contribution in [1.82, 2.24) is 4.90 Å². The molecule has 0 aliphatic rings. The summed E-state index contributed by atoms with van der Waals surface area (Å²) in [5.41, 5.74) is 4.55. The number of hydrogen-bond donors (Lipinski definition) is 0. The SMILES string of the molecule is CCN(CC)C(=O)/C=C(\C)c1cc2c(-c3cccc(Br)c3)coc2cc1OC. The van der Waals surface area contributed by atoms with Crippen molar-refractivity contribution in [2.45, 2.75) is 20.8 Å². The highest BCUT2D eigenvalue weighted by Crippen LogP contribution is 2.37. The van der Waals surface area contributed by atoms with Crippen molar-refractivity contribution < 1.29 is 13.9 Å². The monoisotopic (exact) mass is 441 g/mol. The van der Waals surface area contributed by atoms with Gasteiger partial charge in [-0.1, -0.05) is 28.1 Å². The summed E-state index contributed by atoms with van der Waals surface area (Å²) < 4.78 is 12.4. The van der Waals surface area contributed by atoms with Crippen LogP contribution in [-0.2, 0) is 4.79 Å². The molecule has 0 spiro atoms. The number of carbonyl (C=O) groups is 1. The van der Waals surface area contributed by atoms with E-state index in [4.69, 9.17) is 9.15 Å². The summed E-state index contributed by atoms with van der Waals surface area (Å²) in [4.78, 5) is 14.3. The van der Waals surface area contributed by atoms with Gasteiger partial charge < -0.3 is 14.1 Å². The third-order valence-electron chi connectivity index (χ3n) is 4.87. The fraction of sp³-hybridized carbons (Fsp3) is 0.261. The Morgan fingerprint density at radius 1 is 1.21 bits per heavy atom. The largest absolute Gasteiger partial charge is 0.496 e. The van der Waals surface area contributed by atoms with Crippen molar-refractivity contribution >= 4 is 38.4 Å². The summed E-state index contributed by atoms with van der Waals surface area (Å²) in [7, 11) is 1.63. The quantitative estimate of drug-likeness (QED) is 0.431. The van der Waals surface area contributed by atoms with E-state index in [9.17, 15) is 4.79 Å². The molecule has 1 aromatic heterocycles. The molecule has 0 aliphatic heterocycles. The third-order valence-corrected chi connectivity index (χ3v) is 5.36. The number of ether oxygens (including phenoxy) is 1. The lowest BCUT2D eigenvalue weighted by Gasteiger charge is -2.17. The number of likely N-dealkylation sites (N-methyl/N-ethyl adjacent to an activating group) is 1. The molecule has 0 bridgehead atoms. The molecule has 0 saturated heterocycles. The molecule has 3 aromatic rings. The number of rotatable bonds is 6. The van der Waals surface area contributed by atoms with Crippen molar-refractivity contribution in [3.63, 3.8) is 0 Å². The Bertz CT molecular complexity index is 1030. The van der Waals surface area contributed by atoms with Gasteiger partial charge in [-0.2, -0.15) is 0 Å². The zero-order valence-corrected chi connectivity index (χ0v) is 18.2. The van der Waals surface area contributed by atoms with E-state index in [0.29, 0.717) is 18.8 Å². The van der Waals surface area contributed by atoms with Crippen LogP contribution in [0, 0.1) is 0 Å². The number of benzene rings is 2. The van der Waals surface area contributed by atoms with Crippen molar-refractivity contribution in [2.75, 3.05) is 20.2 Å². The zero-order valence-electron chi connectivity index (χ0n) is 16.6. The fourth-order valence-corrected chi connectivity index (χ4v) is 3.70. The van der Waals surface area contributed by atoms with Crippen LogP contribution < -0.4 is 4.74 Å². The first-order valence-corrected chi connectivity index (χ1v) is 10.1. The minimum Gasteiger partial charge on any atom is -0.496 e. The number of hydrogen-bond acceptors (Lipinski definition) is 3. The van der Waals surface area contributed by atoms with Crippen LogP contribution in [0.3, 0.4) is 0 Å². The summed E-state index contributed by atoms with van der Waals surface area (Å²) >= 11 is 3.52. The van der Waals surface area contributed by atoms with Crippen LogP contribution in [0.2, 0.25) is 0 Å². The lowest BCUT2D eigenvalue weighted by atomic mass is 9.99. The molecule has 0 saturated carbocycles. The van der Waals surface area contributed by atoms with E-state index in [1.54, 1.807) is 24.3 Å². The van der Waals surface area contributed by atoms with Crippen LogP contribution in [0.4, 0.5) is 0 Å². The van der Waals surface area contributed by atoms with Crippen molar-refractivity contribution in [1.29, 1.82) is 0 Å². The van der Waals surface area contributed by atoms with E-state index in [1.807, 2.05) is 51.1 Å². The van der Waals surface area contributed by atoms with E-state index in [1.165, 1.54) is 0 Å². The number of fused-ring (bicyclic) bond motifs is 1. The zero-order chi connectivity index (χ0) is 20.3. The van der Waals surface area contributed by atoms with Gasteiger partial charge in [0, 0.05) is 46.2 Å². The molecule has 0 aliphatic carbocycles. The first kappa shape index (κ1) is 20.2. The van der Waals surface area contributed by atoms with E-state index in [0.717, 1.165) is 37.7 Å². The molecular formula is C23H24BrNO3. The summed E-state index contributed by atoms with van der Waals surface area (Å²) in [5.74, 6) is 0.688. The Morgan fingerprint density at radius 3 is 2.61 bits per heavy atom. The number of furan rings is 1. The number of amides is 1. The summed E-state index contributed by atoms with van der Waals surface area (Å²) in [6.07, 6.45) is 3.44. The van der Waals surface area contributed by atoms with Crippen LogP contribution in [0.15, 0.2) is 57.6 Å². The normalized spacial score (nSPS) is 11.7. The van der Waals surface area contributed by atoms with Gasteiger partial charge >= 0.3 is 0 Å². The van der Waals surface area contributed by atoms with Crippen LogP contribution in [0.5, 0.6) is 5.75 Å². The lowest BCUT2D eigenvalue weighted by molar-refractivity contribution is -0.125. The topological polar surface area (TPSA) is 42.7 Å². The number of nitrogens with zero attached hydrogens (tertiary/aromatic N) is 1. The molecule has 146 valence electrons. The van der Waals surface area contributed by atoms with Crippen LogP contribution in [0.1, 0.15) is 26.3 Å². The molecular weight excluding hydrogens is 418 g/mol. The van der Waals surface area contributed by atoms with Crippen molar-refractivity contribution in [2.24, 2.45) is 0 Å². The Morgan fingerprint density at radius 2 is 1.96 bits per heavy atom. The van der Waals surface area contributed by atoms with Crippen molar-refractivity contribution in [3.8, 4) is 16.9 Å². The molecule has 0 radical (unpaired) electrons. The van der Waals surface area contributed by atoms with Gasteiger partial charge in [0.25, 0.3) is 0 Å². The standard InChI is InChI=1S/C23H24BrNO3/c1-5-25(6-2)23(26)10-15(3)18-12-19-20(16-8-7-9-17(24)11-16)14-28-22(19)13-21(18)27-4/h7-14H,5-6H2,1-4H3/b15-10+. The molecule has 2 aromatic carbocycles. The maximum Gasteiger partial charge on any atom is 0.246 e. The van der Waals surface area contributed by atoms with Gasteiger partial charge in [-0.05, 0) is 50.1 Å². The van der Waals surface area contributed by atoms with Crippen molar-refractivity contribution in [3.05, 3.63) is 58.8 Å². The number of allylic oxidation sites excluding steroid dienone is 1. The third kappa shape index (κ3) is 3.99. The van der Waals surface area contributed by atoms with Gasteiger partial charge in [-0.15, -0.1) is 0 Å². The summed E-state index contributed by atoms with van der Waals surface area (Å²) in [6.45, 7) is 7.26. The molecule has 1 heterocycles. The molecule has 0 unspecified atom stereocenters. The predicted molar refractivity (Wildman–Crippen MR) is 117 cm³/mol. The Balaban J connectivity index is 2.11. The fourth-order valence-electron chi connectivity index (χ4n) is 3.30. The number of carbonyl (C=O) groups excluding carboxylic acids is 1. The molecule has 28 heavy (non-hydrogen) atoms. The predicted octanol–water partition coefficient (Wildman–Crippen LogP) is 6.14. The van der Waals surface area contributed by atoms with E-state index >= 15 is 0 Å². The number of methoxy groups -OCH3 is 1. The summed E-state index contributed by atoms with van der Waals surface area (Å²) in [6, 6.07) is 12.0. The molecule has 0 atom stereocenters. The minimum atomic E-state index is 0.00376. The lowest BCUT2D eigenvalue weighted by Crippen LogP contribution is -2.28. The average molecular weight is 442 g/mol. The van der Waals surface area contributed by atoms with E-state index < -0.39 is 0 Å². The van der Waals surface area contributed by atoms with E-state index in [-0.39, 0.29) is 5.91 Å². The summed E-state index contributed by atoms with van der Waals surface area (Å²) in [5, 5.41) is 0.983. The van der Waals surface area contributed by atoms with E-state index in [2.05, 4.69) is 22.0 Å². The first-order chi connectivity index (χ1) is 13.5. The van der Waals surface area contributed by atoms with Gasteiger partial charge in [0.2, 0.25) is 5.91 Å². The van der Waals surface area contributed by atoms with Gasteiger partial charge in [-0.3, -0.25) is 4.79 Å². The minimum absolute atomic E-state index is 0.00376. The Kier molecular flexibility index (Phi) is 6.25. The van der Waals surface area contributed by atoms with Gasteiger partial charge in [-0.25, -0.2) is 0 Å². The second-order valence-electron chi connectivity index (χ2n) is 6.55. The second-order valence-corrected chi connectivity index (χ2v) is 7.46. The maximum absolute atomic E-state index is 12.5. The Labute approximate surface area is 173 Å². The average Bonchev–Trinajstić information content (AvgIpc) is 3.10. The van der Waals surface area contributed by atoms with Gasteiger partial charge in [0.15, 0.2) is 0 Å². The van der Waals surface area contributed by atoms with Crippen LogP contribution in [0.25, 0.3) is 27.7 Å². The molecule has 0 fully saturated rings. The first-order valence-electron chi connectivity index (χ1n) is 9.31. The smallest absolute Gasteiger partial charge is 0.246 e. The molecule has 5 heteroatoms. The molecule has 4 nitrogen and oxygen atoms in total. The molecule has 3 rings (SSSR count). The van der Waals surface area contributed by atoms with Crippen LogP contribution >= 0.6 is 15.9 Å². The Hall–Kier alpha value is -2.53. The number of halogens is 1.